The highest BCUT2D eigenvalue weighted by Gasteiger charge is 2.33. The number of hydrogen-bond donors (Lipinski definition) is 3. The van der Waals surface area contributed by atoms with E-state index in [1.165, 1.54) is 0 Å². The summed E-state index contributed by atoms with van der Waals surface area (Å²) in [6, 6.07) is 14.9. The predicted molar refractivity (Wildman–Crippen MR) is 108 cm³/mol. The van der Waals surface area contributed by atoms with Crippen LogP contribution in [0.4, 0.5) is 0 Å². The number of benzene rings is 2. The highest BCUT2D eigenvalue weighted by Crippen LogP contribution is 2.36. The predicted octanol–water partition coefficient (Wildman–Crippen LogP) is 4.44. The summed E-state index contributed by atoms with van der Waals surface area (Å²) in [7, 11) is 3.25. The summed E-state index contributed by atoms with van der Waals surface area (Å²) in [6.45, 7) is 0. The van der Waals surface area contributed by atoms with Crippen molar-refractivity contribution in [1.82, 2.24) is 5.48 Å². The highest BCUT2D eigenvalue weighted by molar-refractivity contribution is 6.06. The fourth-order valence-electron chi connectivity index (χ4n) is 3.73. The van der Waals surface area contributed by atoms with Crippen molar-refractivity contribution in [3.05, 3.63) is 65.2 Å². The van der Waals surface area contributed by atoms with E-state index < -0.39 is 0 Å². The van der Waals surface area contributed by atoms with Crippen LogP contribution in [0.2, 0.25) is 0 Å². The molecule has 0 aromatic heterocycles. The Balaban J connectivity index is 1.88. The van der Waals surface area contributed by atoms with E-state index in [0.29, 0.717) is 5.71 Å². The Hall–Kier alpha value is -2.83. The molecule has 0 spiro atoms. The Labute approximate surface area is 165 Å². The molecular formula is C22H26N2O4. The van der Waals surface area contributed by atoms with Crippen LogP contribution in [0.1, 0.15) is 36.4 Å². The Bertz CT molecular complexity index is 829. The van der Waals surface area contributed by atoms with Crippen LogP contribution >= 0.6 is 0 Å². The van der Waals surface area contributed by atoms with E-state index in [-0.39, 0.29) is 12.0 Å². The third-order valence-corrected chi connectivity index (χ3v) is 5.22. The van der Waals surface area contributed by atoms with Crippen molar-refractivity contribution in [3.8, 4) is 11.5 Å². The van der Waals surface area contributed by atoms with E-state index in [2.05, 4.69) is 10.6 Å². The molecule has 1 saturated carbocycles. The molecule has 1 aliphatic rings. The first kappa shape index (κ1) is 19.9. The number of ether oxygens (including phenoxy) is 2. The Kier molecular flexibility index (Phi) is 6.68. The number of oxime groups is 1. The summed E-state index contributed by atoms with van der Waals surface area (Å²) in [6.07, 6.45) is 4.61. The third-order valence-electron chi connectivity index (χ3n) is 5.22. The van der Waals surface area contributed by atoms with Crippen molar-refractivity contribution in [1.29, 1.82) is 0 Å². The summed E-state index contributed by atoms with van der Waals surface area (Å²) in [4.78, 5) is 0. The monoisotopic (exact) mass is 382 g/mol. The molecule has 2 unspecified atom stereocenters. The zero-order valence-corrected chi connectivity index (χ0v) is 16.1. The van der Waals surface area contributed by atoms with Crippen molar-refractivity contribution in [2.24, 2.45) is 11.1 Å². The molecule has 2 atom stereocenters. The van der Waals surface area contributed by atoms with Crippen molar-refractivity contribution in [2.45, 2.75) is 25.3 Å². The molecule has 0 heterocycles. The second-order valence-electron chi connectivity index (χ2n) is 6.81. The van der Waals surface area contributed by atoms with Gasteiger partial charge in [-0.15, -0.1) is 0 Å². The van der Waals surface area contributed by atoms with Crippen LogP contribution in [-0.4, -0.2) is 30.3 Å². The second kappa shape index (κ2) is 9.39. The lowest BCUT2D eigenvalue weighted by Gasteiger charge is -2.31. The van der Waals surface area contributed by atoms with Gasteiger partial charge in [-0.1, -0.05) is 29.4 Å². The summed E-state index contributed by atoms with van der Waals surface area (Å²) in [5.74, 6) is 1.39. The normalized spacial score (nSPS) is 20.9. The van der Waals surface area contributed by atoms with Crippen molar-refractivity contribution < 1.29 is 19.9 Å². The number of nitrogens with one attached hydrogen (secondary N) is 1. The zero-order valence-electron chi connectivity index (χ0n) is 16.1. The quantitative estimate of drug-likeness (QED) is 0.508. The topological polar surface area (TPSA) is 83.3 Å². The lowest BCUT2D eigenvalue weighted by Crippen LogP contribution is -2.34. The first-order valence-corrected chi connectivity index (χ1v) is 9.30. The minimum Gasteiger partial charge on any atom is -0.497 e. The molecule has 0 amide bonds. The number of hydroxylamine groups is 1. The molecule has 2 aromatic carbocycles. The molecule has 3 N–H and O–H groups in total. The standard InChI is InChI=1S/C22H26N2O4/c1-27-18-10-6-15(7-11-18)14-17-4-3-5-20(22(17)24-26)21(23-25)16-8-12-19(28-2)13-9-16/h6-14,20-21,23,25-26H,3-5H2,1-2H3/b17-14+,24-22+. The van der Waals surface area contributed by atoms with Gasteiger partial charge >= 0.3 is 0 Å². The van der Waals surface area contributed by atoms with E-state index in [9.17, 15) is 10.4 Å². The first-order chi connectivity index (χ1) is 13.7. The molecule has 1 aliphatic carbocycles. The largest absolute Gasteiger partial charge is 0.497 e. The third kappa shape index (κ3) is 4.35. The summed E-state index contributed by atoms with van der Waals surface area (Å²) < 4.78 is 10.4. The van der Waals surface area contributed by atoms with Gasteiger partial charge in [-0.25, -0.2) is 0 Å². The fourth-order valence-corrected chi connectivity index (χ4v) is 3.73. The van der Waals surface area contributed by atoms with Gasteiger partial charge in [0.25, 0.3) is 0 Å². The van der Waals surface area contributed by atoms with Gasteiger partial charge in [-0.3, -0.25) is 0 Å². The maximum absolute atomic E-state index is 9.85. The second-order valence-corrected chi connectivity index (χ2v) is 6.81. The SMILES string of the molecule is COc1ccc(/C=C2\CCCC(C(NO)c3ccc(OC)cc3)\C2=N\O)cc1. The molecule has 28 heavy (non-hydrogen) atoms. The fraction of sp³-hybridized carbons (Fsp3) is 0.318. The van der Waals surface area contributed by atoms with E-state index in [4.69, 9.17) is 9.47 Å². The van der Waals surface area contributed by atoms with Crippen molar-refractivity contribution >= 4 is 11.8 Å². The molecule has 2 aromatic rings. The smallest absolute Gasteiger partial charge is 0.118 e. The molecule has 6 heteroatoms. The first-order valence-electron chi connectivity index (χ1n) is 9.30. The Morgan fingerprint density at radius 2 is 1.64 bits per heavy atom. The Morgan fingerprint density at radius 3 is 2.18 bits per heavy atom. The lowest BCUT2D eigenvalue weighted by atomic mass is 9.77. The van der Waals surface area contributed by atoms with Crippen LogP contribution in [0, 0.1) is 5.92 Å². The number of hydrogen-bond acceptors (Lipinski definition) is 6. The van der Waals surface area contributed by atoms with E-state index in [0.717, 1.165) is 47.5 Å². The van der Waals surface area contributed by atoms with Crippen LogP contribution in [0.5, 0.6) is 11.5 Å². The van der Waals surface area contributed by atoms with Gasteiger partial charge in [0.05, 0.1) is 26.0 Å². The average Bonchev–Trinajstić information content (AvgIpc) is 2.75. The summed E-state index contributed by atoms with van der Waals surface area (Å²) in [5, 5.41) is 23.2. The highest BCUT2D eigenvalue weighted by atomic mass is 16.5. The molecule has 148 valence electrons. The van der Waals surface area contributed by atoms with Crippen LogP contribution in [-0.2, 0) is 0 Å². The van der Waals surface area contributed by atoms with Gasteiger partial charge in [0.15, 0.2) is 0 Å². The van der Waals surface area contributed by atoms with Gasteiger partial charge in [0, 0.05) is 5.92 Å². The summed E-state index contributed by atoms with van der Waals surface area (Å²) in [5.41, 5.74) is 5.90. The van der Waals surface area contributed by atoms with Gasteiger partial charge < -0.3 is 19.9 Å². The molecule has 0 saturated heterocycles. The number of methoxy groups -OCH3 is 2. The van der Waals surface area contributed by atoms with E-state index >= 15 is 0 Å². The van der Waals surface area contributed by atoms with E-state index in [1.54, 1.807) is 14.2 Å². The molecule has 1 fully saturated rings. The Morgan fingerprint density at radius 1 is 1.04 bits per heavy atom. The number of rotatable bonds is 6. The average molecular weight is 382 g/mol. The molecule has 0 aliphatic heterocycles. The van der Waals surface area contributed by atoms with Crippen molar-refractivity contribution in [2.75, 3.05) is 14.2 Å². The van der Waals surface area contributed by atoms with Gasteiger partial charge in [-0.05, 0) is 66.3 Å². The maximum Gasteiger partial charge on any atom is 0.118 e. The molecule has 0 radical (unpaired) electrons. The molecule has 6 nitrogen and oxygen atoms in total. The van der Waals surface area contributed by atoms with Crippen LogP contribution < -0.4 is 15.0 Å². The van der Waals surface area contributed by atoms with Crippen LogP contribution in [0.25, 0.3) is 6.08 Å². The lowest BCUT2D eigenvalue weighted by molar-refractivity contribution is 0.106. The molecule has 0 bridgehead atoms. The van der Waals surface area contributed by atoms with Gasteiger partial charge in [0.1, 0.15) is 11.5 Å². The van der Waals surface area contributed by atoms with E-state index in [1.807, 2.05) is 54.6 Å². The molecular weight excluding hydrogens is 356 g/mol. The molecule has 3 rings (SSSR count). The minimum atomic E-state index is -0.378. The van der Waals surface area contributed by atoms with Crippen molar-refractivity contribution in [3.63, 3.8) is 0 Å². The van der Waals surface area contributed by atoms with Gasteiger partial charge in [-0.2, -0.15) is 5.48 Å². The maximum atomic E-state index is 9.85. The number of nitrogens with zero attached hydrogens (tertiary/aromatic N) is 1. The minimum absolute atomic E-state index is 0.151. The zero-order chi connectivity index (χ0) is 19.9. The van der Waals surface area contributed by atoms with Crippen LogP contribution in [0.3, 0.4) is 0 Å². The number of allylic oxidation sites excluding steroid dienone is 1. The van der Waals surface area contributed by atoms with Crippen LogP contribution in [0.15, 0.2) is 59.3 Å². The van der Waals surface area contributed by atoms with Gasteiger partial charge in [0.2, 0.25) is 0 Å². The summed E-state index contributed by atoms with van der Waals surface area (Å²) >= 11 is 0.